The highest BCUT2D eigenvalue weighted by atomic mass is 32.2. The van der Waals surface area contributed by atoms with Gasteiger partial charge in [-0.1, -0.05) is 6.07 Å². The third-order valence-corrected chi connectivity index (χ3v) is 2.20. The zero-order valence-corrected chi connectivity index (χ0v) is 8.98. The van der Waals surface area contributed by atoms with Crippen LogP contribution < -0.4 is 5.14 Å². The molecule has 4 nitrogen and oxygen atoms in total. The Kier molecular flexibility index (Phi) is 3.74. The van der Waals surface area contributed by atoms with Crippen molar-refractivity contribution in [1.29, 1.82) is 0 Å². The molecular formula is C8H7F4NO3S. The monoisotopic (exact) mass is 273 g/mol. The van der Waals surface area contributed by atoms with Gasteiger partial charge in [0.15, 0.2) is 0 Å². The predicted molar refractivity (Wildman–Crippen MR) is 49.3 cm³/mol. The Hall–Kier alpha value is -1.19. The molecule has 0 fully saturated rings. The van der Waals surface area contributed by atoms with Crippen LogP contribution in [0.3, 0.4) is 0 Å². The maximum atomic E-state index is 12.7. The smallest absolute Gasteiger partial charge is 0.253 e. The Morgan fingerprint density at radius 2 is 1.88 bits per heavy atom. The summed E-state index contributed by atoms with van der Waals surface area (Å²) < 4.78 is 74.9. The SMILES string of the molecule is NS(=O)(=O)OCc1ccc(F)cc1C(F)(F)F. The average molecular weight is 273 g/mol. The van der Waals surface area contributed by atoms with Crippen molar-refractivity contribution in [3.63, 3.8) is 0 Å². The minimum Gasteiger partial charge on any atom is -0.253 e. The number of halogens is 4. The molecule has 0 bridgehead atoms. The largest absolute Gasteiger partial charge is 0.416 e. The molecule has 17 heavy (non-hydrogen) atoms. The number of alkyl halides is 3. The molecule has 0 heterocycles. The van der Waals surface area contributed by atoms with Crippen molar-refractivity contribution in [3.8, 4) is 0 Å². The predicted octanol–water partition coefficient (Wildman–Crippen LogP) is 1.56. The van der Waals surface area contributed by atoms with Gasteiger partial charge in [0, 0.05) is 0 Å². The molecule has 0 saturated heterocycles. The highest BCUT2D eigenvalue weighted by Crippen LogP contribution is 2.32. The average Bonchev–Trinajstić information content (AvgIpc) is 2.13. The van der Waals surface area contributed by atoms with Crippen LogP contribution in [0.4, 0.5) is 17.6 Å². The molecule has 1 aromatic carbocycles. The van der Waals surface area contributed by atoms with Gasteiger partial charge in [-0.15, -0.1) is 0 Å². The van der Waals surface area contributed by atoms with Crippen LogP contribution in [0.15, 0.2) is 18.2 Å². The maximum Gasteiger partial charge on any atom is 0.416 e. The van der Waals surface area contributed by atoms with Crippen LogP contribution in [-0.2, 0) is 27.3 Å². The Morgan fingerprint density at radius 1 is 1.29 bits per heavy atom. The summed E-state index contributed by atoms with van der Waals surface area (Å²) in [6, 6.07) is 1.79. The molecule has 0 unspecified atom stereocenters. The first kappa shape index (κ1) is 13.9. The van der Waals surface area contributed by atoms with E-state index in [0.717, 1.165) is 12.1 Å². The molecule has 0 atom stereocenters. The molecule has 0 saturated carbocycles. The van der Waals surface area contributed by atoms with E-state index < -0.39 is 40.0 Å². The Balaban J connectivity index is 3.07. The molecule has 0 aliphatic heterocycles. The number of nitrogens with two attached hydrogens (primary N) is 1. The maximum absolute atomic E-state index is 12.7. The topological polar surface area (TPSA) is 69.4 Å². The number of hydrogen-bond donors (Lipinski definition) is 1. The highest BCUT2D eigenvalue weighted by Gasteiger charge is 2.34. The number of rotatable bonds is 3. The Bertz CT molecular complexity index is 512. The van der Waals surface area contributed by atoms with Crippen molar-refractivity contribution in [2.24, 2.45) is 5.14 Å². The second-order valence-corrected chi connectivity index (χ2v) is 4.28. The first-order valence-electron chi connectivity index (χ1n) is 4.12. The molecule has 2 N–H and O–H groups in total. The quantitative estimate of drug-likeness (QED) is 0.850. The zero-order valence-electron chi connectivity index (χ0n) is 8.16. The van der Waals surface area contributed by atoms with E-state index in [1.165, 1.54) is 0 Å². The van der Waals surface area contributed by atoms with Crippen LogP contribution in [-0.4, -0.2) is 8.42 Å². The third kappa shape index (κ3) is 4.29. The van der Waals surface area contributed by atoms with Crippen molar-refractivity contribution in [1.82, 2.24) is 0 Å². The van der Waals surface area contributed by atoms with Gasteiger partial charge in [-0.25, -0.2) is 9.53 Å². The lowest BCUT2D eigenvalue weighted by atomic mass is 10.1. The number of benzene rings is 1. The first-order valence-corrected chi connectivity index (χ1v) is 5.59. The van der Waals surface area contributed by atoms with Gasteiger partial charge in [0.2, 0.25) is 0 Å². The molecule has 0 spiro atoms. The van der Waals surface area contributed by atoms with Gasteiger partial charge in [0.25, 0.3) is 0 Å². The normalized spacial score (nSPS) is 12.8. The van der Waals surface area contributed by atoms with Gasteiger partial charge in [-0.2, -0.15) is 21.6 Å². The van der Waals surface area contributed by atoms with Crippen LogP contribution in [0.2, 0.25) is 0 Å². The van der Waals surface area contributed by atoms with Crippen molar-refractivity contribution in [3.05, 3.63) is 35.1 Å². The molecule has 0 aromatic heterocycles. The van der Waals surface area contributed by atoms with Crippen LogP contribution in [0.1, 0.15) is 11.1 Å². The van der Waals surface area contributed by atoms with Crippen molar-refractivity contribution >= 4 is 10.3 Å². The van der Waals surface area contributed by atoms with E-state index in [2.05, 4.69) is 9.32 Å². The zero-order chi connectivity index (χ0) is 13.3. The van der Waals surface area contributed by atoms with Gasteiger partial charge in [-0.3, -0.25) is 4.18 Å². The van der Waals surface area contributed by atoms with Crippen molar-refractivity contribution in [2.75, 3.05) is 0 Å². The summed E-state index contributed by atoms with van der Waals surface area (Å²) in [5.41, 5.74) is -1.82. The Labute approximate surface area is 94.2 Å². The summed E-state index contributed by atoms with van der Waals surface area (Å²) in [7, 11) is -4.36. The molecule has 96 valence electrons. The summed E-state index contributed by atoms with van der Waals surface area (Å²) in [6.07, 6.45) is -4.81. The van der Waals surface area contributed by atoms with Crippen LogP contribution in [0, 0.1) is 5.82 Å². The fourth-order valence-electron chi connectivity index (χ4n) is 1.08. The molecule has 0 aliphatic carbocycles. The molecule has 9 heteroatoms. The fraction of sp³-hybridized carbons (Fsp3) is 0.250. The van der Waals surface area contributed by atoms with Gasteiger partial charge >= 0.3 is 16.5 Å². The van der Waals surface area contributed by atoms with E-state index in [0.29, 0.717) is 0 Å². The highest BCUT2D eigenvalue weighted by molar-refractivity contribution is 7.84. The van der Waals surface area contributed by atoms with E-state index in [4.69, 9.17) is 0 Å². The number of hydrogen-bond acceptors (Lipinski definition) is 3. The summed E-state index contributed by atoms with van der Waals surface area (Å²) in [5.74, 6) is -1.09. The summed E-state index contributed by atoms with van der Waals surface area (Å²) >= 11 is 0. The van der Waals surface area contributed by atoms with Crippen molar-refractivity contribution in [2.45, 2.75) is 12.8 Å². The van der Waals surface area contributed by atoms with E-state index >= 15 is 0 Å². The molecule has 0 amide bonds. The van der Waals surface area contributed by atoms with Crippen LogP contribution in [0.5, 0.6) is 0 Å². The Morgan fingerprint density at radius 3 is 2.35 bits per heavy atom. The lowest BCUT2D eigenvalue weighted by Crippen LogP contribution is -2.17. The minimum atomic E-state index is -4.81. The van der Waals surface area contributed by atoms with Gasteiger partial charge in [-0.05, 0) is 17.7 Å². The first-order chi connectivity index (χ1) is 7.59. The molecule has 1 rings (SSSR count). The summed E-state index contributed by atoms with van der Waals surface area (Å²) in [4.78, 5) is 0. The second-order valence-electron chi connectivity index (χ2n) is 3.05. The summed E-state index contributed by atoms with van der Waals surface area (Å²) in [5, 5.41) is 4.47. The van der Waals surface area contributed by atoms with Crippen LogP contribution >= 0.6 is 0 Å². The standard InChI is InChI=1S/C8H7F4NO3S/c9-6-2-1-5(4-16-17(13,14)15)7(3-6)8(10,11)12/h1-3H,4H2,(H2,13,14,15). The molecular weight excluding hydrogens is 266 g/mol. The van der Waals surface area contributed by atoms with Gasteiger partial charge in [0.05, 0.1) is 12.2 Å². The van der Waals surface area contributed by atoms with Gasteiger partial charge in [0.1, 0.15) is 5.82 Å². The summed E-state index contributed by atoms with van der Waals surface area (Å²) in [6.45, 7) is -0.909. The van der Waals surface area contributed by atoms with Crippen molar-refractivity contribution < 1.29 is 30.2 Å². The second kappa shape index (κ2) is 4.59. The minimum absolute atomic E-state index is 0.252. The third-order valence-electron chi connectivity index (χ3n) is 1.76. The van der Waals surface area contributed by atoms with E-state index in [9.17, 15) is 26.0 Å². The van der Waals surface area contributed by atoms with E-state index in [1.54, 1.807) is 0 Å². The van der Waals surface area contributed by atoms with Crippen LogP contribution in [0.25, 0.3) is 0 Å². The molecule has 1 aromatic rings. The molecule has 0 aliphatic rings. The van der Waals surface area contributed by atoms with E-state index in [-0.39, 0.29) is 6.07 Å². The molecule has 0 radical (unpaired) electrons. The lowest BCUT2D eigenvalue weighted by molar-refractivity contribution is -0.138. The van der Waals surface area contributed by atoms with Gasteiger partial charge < -0.3 is 0 Å². The fourth-order valence-corrected chi connectivity index (χ4v) is 1.38. The lowest BCUT2D eigenvalue weighted by Gasteiger charge is -2.12. The van der Waals surface area contributed by atoms with E-state index in [1.807, 2.05) is 0 Å².